The molecule has 0 aliphatic heterocycles. The van der Waals surface area contributed by atoms with Crippen LogP contribution in [0.15, 0.2) is 140 Å². The summed E-state index contributed by atoms with van der Waals surface area (Å²) >= 11 is 0. The second-order valence-corrected chi connectivity index (χ2v) is 12.6. The van der Waals surface area contributed by atoms with Crippen molar-refractivity contribution in [2.75, 3.05) is 7.11 Å². The third-order valence-electron chi connectivity index (χ3n) is 10.1. The van der Waals surface area contributed by atoms with Crippen LogP contribution in [0.25, 0.3) is 92.1 Å². The van der Waals surface area contributed by atoms with E-state index in [1.807, 2.05) is 0 Å². The number of aromatic nitrogens is 1. The summed E-state index contributed by atoms with van der Waals surface area (Å²) in [5, 5.41) is 17.8. The summed E-state index contributed by atoms with van der Waals surface area (Å²) in [6, 6.07) is 51.6. The molecule has 10 aromatic rings. The maximum Gasteiger partial charge on any atom is 0.119 e. The molecule has 2 nitrogen and oxygen atoms in total. The van der Waals surface area contributed by atoms with Crippen molar-refractivity contribution in [1.82, 2.24) is 4.57 Å². The Bertz CT molecular complexity index is 2900. The van der Waals surface area contributed by atoms with Crippen LogP contribution >= 0.6 is 0 Å². The molecule has 0 aliphatic carbocycles. The largest absolute Gasteiger partial charge is 0.497 e. The molecule has 1 aromatic heterocycles. The van der Waals surface area contributed by atoms with Gasteiger partial charge in [0, 0.05) is 16.5 Å². The number of methoxy groups -OCH3 is 1. The second-order valence-electron chi connectivity index (χ2n) is 12.6. The molecule has 2 heteroatoms. The topological polar surface area (TPSA) is 14.2 Å². The fourth-order valence-corrected chi connectivity index (χ4v) is 7.98. The van der Waals surface area contributed by atoms with Gasteiger partial charge in [0.15, 0.2) is 0 Å². The highest BCUT2D eigenvalue weighted by atomic mass is 16.5. The van der Waals surface area contributed by atoms with Crippen molar-refractivity contribution >= 4 is 86.4 Å². The average Bonchev–Trinajstić information content (AvgIpc) is 3.42. The standard InChI is InChI=1S/C44H29NO/c1-26-16-18-33-35(20-26)29-12-6-8-14-31(29)37-22-41-42-23-38-32-15-9-7-13-30(32)36-21-28(46-2)17-19-34(36)40(38)25-44(42)45(43(41)24-39(33)37)27-10-4-3-5-11-27/h3-25H,1-2H3. The third kappa shape index (κ3) is 3.41. The fourth-order valence-electron chi connectivity index (χ4n) is 7.98. The monoisotopic (exact) mass is 587 g/mol. The van der Waals surface area contributed by atoms with Crippen LogP contribution in [0.5, 0.6) is 5.75 Å². The van der Waals surface area contributed by atoms with E-state index in [1.54, 1.807) is 7.11 Å². The summed E-state index contributed by atoms with van der Waals surface area (Å²) in [6.45, 7) is 2.18. The van der Waals surface area contributed by atoms with E-state index in [2.05, 4.69) is 151 Å². The normalized spacial score (nSPS) is 12.1. The maximum absolute atomic E-state index is 5.67. The molecular formula is C44H29NO. The van der Waals surface area contributed by atoms with Gasteiger partial charge in [-0.25, -0.2) is 0 Å². The van der Waals surface area contributed by atoms with E-state index in [0.717, 1.165) is 11.4 Å². The Hall–Kier alpha value is -5.86. The predicted molar refractivity (Wildman–Crippen MR) is 197 cm³/mol. The molecule has 0 saturated carbocycles. The first-order chi connectivity index (χ1) is 22.7. The SMILES string of the molecule is COc1ccc2c(c1)c1ccccc1c1cc3c4cc5c6ccccc6c6cc(C)ccc6c5cc4n(-c4ccccc4)c3cc21. The summed E-state index contributed by atoms with van der Waals surface area (Å²) in [4.78, 5) is 0. The number of para-hydroxylation sites is 1. The summed E-state index contributed by atoms with van der Waals surface area (Å²) in [5.74, 6) is 0.873. The van der Waals surface area contributed by atoms with E-state index in [1.165, 1.54) is 92.0 Å². The van der Waals surface area contributed by atoms with Gasteiger partial charge in [0.05, 0.1) is 18.1 Å². The van der Waals surface area contributed by atoms with Crippen LogP contribution in [-0.2, 0) is 0 Å². The Morgan fingerprint density at radius 2 is 0.804 bits per heavy atom. The number of benzene rings is 9. The fraction of sp³-hybridized carbons (Fsp3) is 0.0455. The Labute approximate surface area is 265 Å². The smallest absolute Gasteiger partial charge is 0.119 e. The Kier molecular flexibility index (Phi) is 5.16. The lowest BCUT2D eigenvalue weighted by Gasteiger charge is -2.13. The van der Waals surface area contributed by atoms with Gasteiger partial charge >= 0.3 is 0 Å². The van der Waals surface area contributed by atoms with Crippen molar-refractivity contribution < 1.29 is 4.74 Å². The maximum atomic E-state index is 5.67. The molecule has 0 spiro atoms. The number of rotatable bonds is 2. The number of hydrogen-bond acceptors (Lipinski definition) is 1. The van der Waals surface area contributed by atoms with Crippen LogP contribution in [0.2, 0.25) is 0 Å². The third-order valence-corrected chi connectivity index (χ3v) is 10.1. The van der Waals surface area contributed by atoms with Crippen LogP contribution < -0.4 is 4.74 Å². The minimum Gasteiger partial charge on any atom is -0.497 e. The van der Waals surface area contributed by atoms with Crippen molar-refractivity contribution in [2.24, 2.45) is 0 Å². The lowest BCUT2D eigenvalue weighted by atomic mass is 9.91. The molecule has 0 saturated heterocycles. The molecular weight excluding hydrogens is 558 g/mol. The van der Waals surface area contributed by atoms with Crippen molar-refractivity contribution in [3.8, 4) is 11.4 Å². The van der Waals surface area contributed by atoms with Gasteiger partial charge in [-0.15, -0.1) is 0 Å². The molecule has 0 unspecified atom stereocenters. The van der Waals surface area contributed by atoms with E-state index < -0.39 is 0 Å². The first kappa shape index (κ1) is 25.5. The predicted octanol–water partition coefficient (Wildman–Crippen LogP) is 12.0. The van der Waals surface area contributed by atoms with Gasteiger partial charge in [0.2, 0.25) is 0 Å². The van der Waals surface area contributed by atoms with Crippen LogP contribution in [0.1, 0.15) is 5.56 Å². The Balaban J connectivity index is 1.46. The molecule has 46 heavy (non-hydrogen) atoms. The van der Waals surface area contributed by atoms with Crippen LogP contribution in [0.3, 0.4) is 0 Å². The molecule has 1 heterocycles. The molecule has 0 aliphatic rings. The summed E-state index contributed by atoms with van der Waals surface area (Å²) in [5.41, 5.74) is 4.87. The number of fused-ring (bicyclic) bond motifs is 15. The molecule has 0 bridgehead atoms. The van der Waals surface area contributed by atoms with E-state index in [4.69, 9.17) is 4.74 Å². The minimum atomic E-state index is 0.873. The molecule has 0 radical (unpaired) electrons. The van der Waals surface area contributed by atoms with Crippen LogP contribution in [0.4, 0.5) is 0 Å². The van der Waals surface area contributed by atoms with Crippen molar-refractivity contribution in [3.05, 3.63) is 145 Å². The Morgan fingerprint density at radius 3 is 1.35 bits per heavy atom. The van der Waals surface area contributed by atoms with Gasteiger partial charge in [-0.3, -0.25) is 0 Å². The zero-order chi connectivity index (χ0) is 30.5. The number of hydrogen-bond donors (Lipinski definition) is 0. The Morgan fingerprint density at radius 1 is 0.370 bits per heavy atom. The number of nitrogens with zero attached hydrogens (tertiary/aromatic N) is 1. The van der Waals surface area contributed by atoms with Gasteiger partial charge in [0.1, 0.15) is 5.75 Å². The molecule has 216 valence electrons. The molecule has 0 amide bonds. The van der Waals surface area contributed by atoms with E-state index >= 15 is 0 Å². The first-order valence-corrected chi connectivity index (χ1v) is 15.9. The molecule has 0 atom stereocenters. The van der Waals surface area contributed by atoms with Gasteiger partial charge < -0.3 is 9.30 Å². The van der Waals surface area contributed by atoms with Crippen LogP contribution in [-0.4, -0.2) is 11.7 Å². The van der Waals surface area contributed by atoms with E-state index in [0.29, 0.717) is 0 Å². The molecule has 10 rings (SSSR count). The van der Waals surface area contributed by atoms with Crippen molar-refractivity contribution in [3.63, 3.8) is 0 Å². The molecule has 0 fully saturated rings. The van der Waals surface area contributed by atoms with Crippen molar-refractivity contribution in [2.45, 2.75) is 6.92 Å². The number of aryl methyl sites for hydroxylation is 1. The lowest BCUT2D eigenvalue weighted by Crippen LogP contribution is -1.94. The summed E-state index contributed by atoms with van der Waals surface area (Å²) in [7, 11) is 1.74. The van der Waals surface area contributed by atoms with Gasteiger partial charge in [-0.1, -0.05) is 96.6 Å². The first-order valence-electron chi connectivity index (χ1n) is 15.9. The van der Waals surface area contributed by atoms with Gasteiger partial charge in [-0.2, -0.15) is 0 Å². The number of ether oxygens (including phenoxy) is 1. The van der Waals surface area contributed by atoms with Gasteiger partial charge in [-0.05, 0) is 120 Å². The zero-order valence-corrected chi connectivity index (χ0v) is 25.6. The highest BCUT2D eigenvalue weighted by molar-refractivity contribution is 6.32. The highest BCUT2D eigenvalue weighted by Crippen LogP contribution is 2.44. The summed E-state index contributed by atoms with van der Waals surface area (Å²) in [6.07, 6.45) is 0. The second kappa shape index (κ2) is 9.32. The van der Waals surface area contributed by atoms with E-state index in [-0.39, 0.29) is 0 Å². The summed E-state index contributed by atoms with van der Waals surface area (Å²) < 4.78 is 8.13. The highest BCUT2D eigenvalue weighted by Gasteiger charge is 2.19. The van der Waals surface area contributed by atoms with E-state index in [9.17, 15) is 0 Å². The zero-order valence-electron chi connectivity index (χ0n) is 25.6. The molecule has 0 N–H and O–H groups in total. The van der Waals surface area contributed by atoms with Crippen LogP contribution in [0, 0.1) is 6.92 Å². The van der Waals surface area contributed by atoms with Crippen molar-refractivity contribution in [1.29, 1.82) is 0 Å². The quantitative estimate of drug-likeness (QED) is 0.184. The lowest BCUT2D eigenvalue weighted by molar-refractivity contribution is 0.415. The molecule has 9 aromatic carbocycles. The average molecular weight is 588 g/mol. The van der Waals surface area contributed by atoms with Gasteiger partial charge in [0.25, 0.3) is 0 Å². The minimum absolute atomic E-state index is 0.873.